The maximum Gasteiger partial charge on any atom is 0.331 e. The molecule has 1 aromatic carbocycles. The van der Waals surface area contributed by atoms with E-state index in [1.807, 2.05) is 0 Å². The van der Waals surface area contributed by atoms with E-state index in [9.17, 15) is 9.59 Å². The Morgan fingerprint density at radius 2 is 1.96 bits per heavy atom. The quantitative estimate of drug-likeness (QED) is 0.621. The fraction of sp³-hybridized carbons (Fsp3) is 0.176. The standard InChI is InChI=1S/C17H15Cl2NO4/c1-11(17(22)20-10-12-4-3-9-23-12)24-16(21)8-7-13-14(18)5-2-6-15(13)19/h2-9,11H,10H2,1H3,(H,20,22)/b8-7+/t11-/m1/s1. The number of ether oxygens (including phenoxy) is 1. The minimum Gasteiger partial charge on any atom is -0.467 e. The molecule has 7 heteroatoms. The number of amides is 1. The minimum atomic E-state index is -0.946. The predicted molar refractivity (Wildman–Crippen MR) is 91.6 cm³/mol. The van der Waals surface area contributed by atoms with Gasteiger partial charge in [0.05, 0.1) is 12.8 Å². The average Bonchev–Trinajstić information content (AvgIpc) is 3.05. The van der Waals surface area contributed by atoms with Crippen molar-refractivity contribution in [2.45, 2.75) is 19.6 Å². The van der Waals surface area contributed by atoms with E-state index < -0.39 is 18.0 Å². The molecule has 0 fully saturated rings. The van der Waals surface area contributed by atoms with Crippen LogP contribution in [0.3, 0.4) is 0 Å². The molecule has 0 aliphatic rings. The van der Waals surface area contributed by atoms with E-state index in [-0.39, 0.29) is 6.54 Å². The van der Waals surface area contributed by atoms with Crippen molar-refractivity contribution in [3.05, 3.63) is 64.0 Å². The number of carbonyl (C=O) groups is 2. The van der Waals surface area contributed by atoms with Crippen molar-refractivity contribution in [3.63, 3.8) is 0 Å². The molecule has 0 unspecified atom stereocenters. The summed E-state index contributed by atoms with van der Waals surface area (Å²) < 4.78 is 10.1. The van der Waals surface area contributed by atoms with Crippen molar-refractivity contribution in [3.8, 4) is 0 Å². The first-order valence-electron chi connectivity index (χ1n) is 7.10. The molecule has 1 atom stereocenters. The molecule has 1 amide bonds. The van der Waals surface area contributed by atoms with Gasteiger partial charge in [-0.3, -0.25) is 4.79 Å². The van der Waals surface area contributed by atoms with Crippen molar-refractivity contribution in [2.24, 2.45) is 0 Å². The van der Waals surface area contributed by atoms with E-state index in [1.54, 1.807) is 30.3 Å². The van der Waals surface area contributed by atoms with Crippen LogP contribution in [0.2, 0.25) is 10.0 Å². The van der Waals surface area contributed by atoms with Gasteiger partial charge in [0.15, 0.2) is 6.10 Å². The van der Waals surface area contributed by atoms with E-state index >= 15 is 0 Å². The highest BCUT2D eigenvalue weighted by molar-refractivity contribution is 6.37. The molecule has 2 aromatic rings. The molecule has 1 N–H and O–H groups in total. The van der Waals surface area contributed by atoms with Crippen molar-refractivity contribution < 1.29 is 18.7 Å². The van der Waals surface area contributed by atoms with Crippen LogP contribution in [-0.4, -0.2) is 18.0 Å². The van der Waals surface area contributed by atoms with E-state index in [2.05, 4.69) is 5.32 Å². The summed E-state index contributed by atoms with van der Waals surface area (Å²) in [7, 11) is 0. The molecule has 0 bridgehead atoms. The minimum absolute atomic E-state index is 0.221. The van der Waals surface area contributed by atoms with Crippen LogP contribution in [0, 0.1) is 0 Å². The number of esters is 1. The number of halogens is 2. The smallest absolute Gasteiger partial charge is 0.331 e. The van der Waals surface area contributed by atoms with Gasteiger partial charge < -0.3 is 14.5 Å². The van der Waals surface area contributed by atoms with Crippen LogP contribution in [0.5, 0.6) is 0 Å². The van der Waals surface area contributed by atoms with Gasteiger partial charge in [0.1, 0.15) is 5.76 Å². The Morgan fingerprint density at radius 3 is 2.58 bits per heavy atom. The normalized spacial score (nSPS) is 12.1. The zero-order valence-corrected chi connectivity index (χ0v) is 14.3. The molecular weight excluding hydrogens is 353 g/mol. The average molecular weight is 368 g/mol. The van der Waals surface area contributed by atoms with Gasteiger partial charge >= 0.3 is 5.97 Å². The third-order valence-corrected chi connectivity index (χ3v) is 3.72. The molecule has 5 nitrogen and oxygen atoms in total. The van der Waals surface area contributed by atoms with Crippen LogP contribution >= 0.6 is 23.2 Å². The van der Waals surface area contributed by atoms with Crippen LogP contribution in [0.25, 0.3) is 6.08 Å². The van der Waals surface area contributed by atoms with E-state index in [0.29, 0.717) is 21.4 Å². The summed E-state index contributed by atoms with van der Waals surface area (Å²) in [4.78, 5) is 23.7. The maximum absolute atomic E-state index is 11.9. The summed E-state index contributed by atoms with van der Waals surface area (Å²) in [6, 6.07) is 8.46. The first kappa shape index (κ1) is 18.1. The number of benzene rings is 1. The molecule has 126 valence electrons. The van der Waals surface area contributed by atoms with Gasteiger partial charge in [0.25, 0.3) is 5.91 Å². The lowest BCUT2D eigenvalue weighted by molar-refractivity contribution is -0.150. The van der Waals surface area contributed by atoms with Crippen LogP contribution in [0.1, 0.15) is 18.2 Å². The molecular formula is C17H15Cl2NO4. The van der Waals surface area contributed by atoms with Crippen LogP contribution < -0.4 is 5.32 Å². The number of carbonyl (C=O) groups excluding carboxylic acids is 2. The molecule has 0 saturated heterocycles. The summed E-state index contributed by atoms with van der Waals surface area (Å²) in [6.45, 7) is 1.70. The molecule has 0 radical (unpaired) electrons. The second kappa shape index (κ2) is 8.57. The lowest BCUT2D eigenvalue weighted by Gasteiger charge is -2.11. The van der Waals surface area contributed by atoms with Gasteiger partial charge in [-0.25, -0.2) is 4.79 Å². The zero-order chi connectivity index (χ0) is 17.5. The molecule has 0 aliphatic carbocycles. The lowest BCUT2D eigenvalue weighted by Crippen LogP contribution is -2.35. The second-order valence-corrected chi connectivity index (χ2v) is 5.66. The Bertz CT molecular complexity index is 721. The monoisotopic (exact) mass is 367 g/mol. The van der Waals surface area contributed by atoms with Gasteiger partial charge in [-0.2, -0.15) is 0 Å². The summed E-state index contributed by atoms with van der Waals surface area (Å²) in [5.74, 6) is -0.495. The summed E-state index contributed by atoms with van der Waals surface area (Å²) in [5.41, 5.74) is 0.507. The van der Waals surface area contributed by atoms with Crippen molar-refractivity contribution in [1.82, 2.24) is 5.32 Å². The first-order valence-corrected chi connectivity index (χ1v) is 7.85. The van der Waals surface area contributed by atoms with Crippen molar-refractivity contribution >= 4 is 41.2 Å². The summed E-state index contributed by atoms with van der Waals surface area (Å²) in [6.07, 6.45) is 3.18. The third kappa shape index (κ3) is 5.15. The van der Waals surface area contributed by atoms with Crippen molar-refractivity contribution in [2.75, 3.05) is 0 Å². The van der Waals surface area contributed by atoms with Crippen LogP contribution in [-0.2, 0) is 20.9 Å². The molecule has 2 rings (SSSR count). The van der Waals surface area contributed by atoms with Gasteiger partial charge in [0, 0.05) is 21.7 Å². The highest BCUT2D eigenvalue weighted by atomic mass is 35.5. The number of furan rings is 1. The van der Waals surface area contributed by atoms with E-state index in [0.717, 1.165) is 0 Å². The zero-order valence-electron chi connectivity index (χ0n) is 12.8. The molecule has 0 aliphatic heterocycles. The summed E-state index contributed by atoms with van der Waals surface area (Å²) in [5, 5.41) is 3.43. The Kier molecular flexibility index (Phi) is 6.46. The second-order valence-electron chi connectivity index (χ2n) is 4.84. The lowest BCUT2D eigenvalue weighted by atomic mass is 10.2. The molecule has 1 heterocycles. The van der Waals surface area contributed by atoms with Gasteiger partial charge in [-0.15, -0.1) is 0 Å². The maximum atomic E-state index is 11.9. The topological polar surface area (TPSA) is 68.5 Å². The molecule has 0 saturated carbocycles. The van der Waals surface area contributed by atoms with Gasteiger partial charge in [-0.1, -0.05) is 29.3 Å². The van der Waals surface area contributed by atoms with E-state index in [4.69, 9.17) is 32.4 Å². The Labute approximate surface area is 149 Å². The fourth-order valence-electron chi connectivity index (χ4n) is 1.82. The van der Waals surface area contributed by atoms with Crippen LogP contribution in [0.15, 0.2) is 47.1 Å². The van der Waals surface area contributed by atoms with Crippen molar-refractivity contribution in [1.29, 1.82) is 0 Å². The highest BCUT2D eigenvalue weighted by Gasteiger charge is 2.16. The molecule has 24 heavy (non-hydrogen) atoms. The SMILES string of the molecule is C[C@@H](OC(=O)/C=C/c1c(Cl)cccc1Cl)C(=O)NCc1ccco1. The number of hydrogen-bond donors (Lipinski definition) is 1. The largest absolute Gasteiger partial charge is 0.467 e. The Morgan fingerprint density at radius 1 is 1.25 bits per heavy atom. The molecule has 1 aromatic heterocycles. The fourth-order valence-corrected chi connectivity index (χ4v) is 2.34. The van der Waals surface area contributed by atoms with Crippen LogP contribution in [0.4, 0.5) is 0 Å². The number of hydrogen-bond acceptors (Lipinski definition) is 4. The van der Waals surface area contributed by atoms with Gasteiger partial charge in [-0.05, 0) is 37.3 Å². The number of nitrogens with one attached hydrogen (secondary N) is 1. The number of rotatable bonds is 6. The van der Waals surface area contributed by atoms with E-state index in [1.165, 1.54) is 25.3 Å². The third-order valence-electron chi connectivity index (χ3n) is 3.06. The highest BCUT2D eigenvalue weighted by Crippen LogP contribution is 2.25. The molecule has 0 spiro atoms. The Hall–Kier alpha value is -2.24. The van der Waals surface area contributed by atoms with Gasteiger partial charge in [0.2, 0.25) is 0 Å². The first-order chi connectivity index (χ1) is 11.5. The Balaban J connectivity index is 1.86. The summed E-state index contributed by atoms with van der Waals surface area (Å²) >= 11 is 12.0. The predicted octanol–water partition coefficient (Wildman–Crippen LogP) is 3.85.